The van der Waals surface area contributed by atoms with Crippen LogP contribution in [0.2, 0.25) is 0 Å². The van der Waals surface area contributed by atoms with E-state index in [-0.39, 0.29) is 0 Å². The second kappa shape index (κ2) is 5.82. The van der Waals surface area contributed by atoms with Gasteiger partial charge in [-0.3, -0.25) is 0 Å². The van der Waals surface area contributed by atoms with Crippen LogP contribution in [0.15, 0.2) is 35.3 Å². The minimum atomic E-state index is -4.04. The lowest BCUT2D eigenvalue weighted by molar-refractivity contribution is -0.108. The Morgan fingerprint density at radius 3 is 2.38 bits per heavy atom. The van der Waals surface area contributed by atoms with Crippen molar-refractivity contribution in [3.05, 3.63) is 35.9 Å². The number of hydrogen-bond acceptors (Lipinski definition) is 5. The maximum Gasteiger partial charge on any atom is 0.452 e. The summed E-state index contributed by atoms with van der Waals surface area (Å²) in [4.78, 5) is 40.4. The number of nitrogens with zero attached hydrogens (tertiary/aromatic N) is 1. The lowest BCUT2D eigenvalue weighted by atomic mass is 10.1. The van der Waals surface area contributed by atoms with Gasteiger partial charge >= 0.3 is 7.94 Å². The van der Waals surface area contributed by atoms with Crippen molar-refractivity contribution in [3.63, 3.8) is 0 Å². The molecule has 0 saturated heterocycles. The van der Waals surface area contributed by atoms with Gasteiger partial charge in [-0.2, -0.15) is 14.7 Å². The predicted octanol–water partition coefficient (Wildman–Crippen LogP) is 0.564. The molecule has 5 nitrogen and oxygen atoms in total. The average molecular weight is 242 g/mol. The first-order valence-electron chi connectivity index (χ1n) is 4.62. The van der Waals surface area contributed by atoms with Crippen molar-refractivity contribution >= 4 is 20.2 Å². The largest absolute Gasteiger partial charge is 0.452 e. The number of benzene rings is 1. The number of aliphatic imine (C=N–C) groups is 1. The van der Waals surface area contributed by atoms with E-state index in [0.29, 0.717) is 18.7 Å². The minimum absolute atomic E-state index is 0.362. The number of carbonyl (C=O) groups excluding carboxylic acids is 1. The molecule has 0 amide bonds. The zero-order valence-corrected chi connectivity index (χ0v) is 9.36. The van der Waals surface area contributed by atoms with Gasteiger partial charge in [0, 0.05) is 6.42 Å². The van der Waals surface area contributed by atoms with Gasteiger partial charge in [0.25, 0.3) is 0 Å². The first kappa shape index (κ1) is 12.9. The first-order chi connectivity index (χ1) is 7.51. The van der Waals surface area contributed by atoms with E-state index in [9.17, 15) is 4.79 Å². The SMILES string of the molecule is O=C[C@H](Cc1ccccc1)N=C[P+](O)(O)O. The summed E-state index contributed by atoms with van der Waals surface area (Å²) in [5.41, 5.74) is 0.912. The third kappa shape index (κ3) is 5.09. The van der Waals surface area contributed by atoms with Crippen LogP contribution in [-0.4, -0.2) is 33.0 Å². The van der Waals surface area contributed by atoms with E-state index in [2.05, 4.69) is 4.99 Å². The first-order valence-corrected chi connectivity index (χ1v) is 6.33. The molecule has 0 aromatic heterocycles. The summed E-state index contributed by atoms with van der Waals surface area (Å²) >= 11 is 0. The Balaban J connectivity index is 2.63. The molecule has 0 spiro atoms. The van der Waals surface area contributed by atoms with Gasteiger partial charge in [-0.1, -0.05) is 30.3 Å². The highest BCUT2D eigenvalue weighted by molar-refractivity contribution is 7.74. The molecule has 0 radical (unpaired) electrons. The number of aldehydes is 1. The molecule has 0 heterocycles. The fraction of sp³-hybridized carbons (Fsp3) is 0.200. The average Bonchev–Trinajstić information content (AvgIpc) is 2.24. The van der Waals surface area contributed by atoms with E-state index >= 15 is 0 Å². The molecule has 0 aliphatic rings. The maximum atomic E-state index is 10.7. The van der Waals surface area contributed by atoms with Crippen LogP contribution in [0.1, 0.15) is 5.56 Å². The summed E-state index contributed by atoms with van der Waals surface area (Å²) in [5, 5.41) is 0. The monoisotopic (exact) mass is 242 g/mol. The van der Waals surface area contributed by atoms with Crippen LogP contribution in [0.25, 0.3) is 0 Å². The van der Waals surface area contributed by atoms with Crippen molar-refractivity contribution in [2.75, 3.05) is 0 Å². The molecule has 0 bridgehead atoms. The highest BCUT2D eigenvalue weighted by Crippen LogP contribution is 2.40. The molecule has 0 unspecified atom stereocenters. The molecular weight excluding hydrogens is 229 g/mol. The molecule has 0 saturated carbocycles. The molecule has 0 fully saturated rings. The van der Waals surface area contributed by atoms with E-state index in [1.807, 2.05) is 30.3 Å². The van der Waals surface area contributed by atoms with E-state index in [0.717, 1.165) is 5.56 Å². The Hall–Kier alpha value is -1.13. The van der Waals surface area contributed by atoms with Gasteiger partial charge in [0.1, 0.15) is 12.3 Å². The molecule has 1 atom stereocenters. The lowest BCUT2D eigenvalue weighted by Crippen LogP contribution is -2.10. The van der Waals surface area contributed by atoms with E-state index in [1.54, 1.807) is 0 Å². The molecular formula is C10H13NO4P+. The second-order valence-electron chi connectivity index (χ2n) is 3.27. The Morgan fingerprint density at radius 2 is 1.88 bits per heavy atom. The molecule has 86 valence electrons. The van der Waals surface area contributed by atoms with Gasteiger partial charge in [-0.05, 0) is 5.56 Å². The zero-order chi connectivity index (χ0) is 12.0. The topological polar surface area (TPSA) is 90.1 Å². The van der Waals surface area contributed by atoms with Crippen LogP contribution in [0.5, 0.6) is 0 Å². The fourth-order valence-corrected chi connectivity index (χ4v) is 1.52. The molecule has 16 heavy (non-hydrogen) atoms. The van der Waals surface area contributed by atoms with Gasteiger partial charge < -0.3 is 4.79 Å². The smallest absolute Gasteiger partial charge is 0.301 e. The molecule has 0 aliphatic carbocycles. The third-order valence-electron chi connectivity index (χ3n) is 1.86. The van der Waals surface area contributed by atoms with Crippen molar-refractivity contribution in [1.29, 1.82) is 0 Å². The molecule has 6 heteroatoms. The van der Waals surface area contributed by atoms with Crippen molar-refractivity contribution in [2.45, 2.75) is 12.5 Å². The molecule has 0 aliphatic heterocycles. The standard InChI is InChI=1S/C10H13NO4P/c12-7-10(11-8-16(13,14)15)6-9-4-2-1-3-5-9/h1-5,7-8,10,13-15H,6H2/q+1/t10-/m0/s1. The third-order valence-corrected chi connectivity index (χ3v) is 2.30. The quantitative estimate of drug-likeness (QED) is 0.400. The minimum Gasteiger partial charge on any atom is -0.301 e. The van der Waals surface area contributed by atoms with E-state index in [1.165, 1.54) is 0 Å². The summed E-state index contributed by atoms with van der Waals surface area (Å²) in [7, 11) is -4.04. The van der Waals surface area contributed by atoms with Crippen molar-refractivity contribution < 1.29 is 19.5 Å². The van der Waals surface area contributed by atoms with Gasteiger partial charge in [0.05, 0.1) is 0 Å². The fourth-order valence-electron chi connectivity index (χ4n) is 1.17. The van der Waals surface area contributed by atoms with E-state index < -0.39 is 14.0 Å². The van der Waals surface area contributed by atoms with Crippen LogP contribution in [0.3, 0.4) is 0 Å². The molecule has 1 rings (SSSR count). The Bertz CT molecular complexity index is 361. The van der Waals surface area contributed by atoms with Crippen LogP contribution in [0, 0.1) is 0 Å². The highest BCUT2D eigenvalue weighted by Gasteiger charge is 2.27. The van der Waals surface area contributed by atoms with E-state index in [4.69, 9.17) is 14.7 Å². The maximum absolute atomic E-state index is 10.7. The molecule has 1 aromatic carbocycles. The summed E-state index contributed by atoms with van der Waals surface area (Å²) < 4.78 is 0. The highest BCUT2D eigenvalue weighted by atomic mass is 31.2. The normalized spacial score (nSPS) is 13.9. The summed E-state index contributed by atoms with van der Waals surface area (Å²) in [6.45, 7) is 0. The van der Waals surface area contributed by atoms with Crippen molar-refractivity contribution in [3.8, 4) is 0 Å². The zero-order valence-electron chi connectivity index (χ0n) is 8.47. The number of rotatable bonds is 5. The summed E-state index contributed by atoms with van der Waals surface area (Å²) in [6, 6.07) is 8.49. The summed E-state index contributed by atoms with van der Waals surface area (Å²) in [5.74, 6) is 0.634. The van der Waals surface area contributed by atoms with Crippen LogP contribution >= 0.6 is 7.94 Å². The molecule has 1 aromatic rings. The predicted molar refractivity (Wildman–Crippen MR) is 62.1 cm³/mol. The molecule has 3 N–H and O–H groups in total. The second-order valence-corrected chi connectivity index (χ2v) is 4.73. The van der Waals surface area contributed by atoms with Crippen LogP contribution in [-0.2, 0) is 11.2 Å². The Morgan fingerprint density at radius 1 is 1.25 bits per heavy atom. The Kier molecular flexibility index (Phi) is 4.71. The van der Waals surface area contributed by atoms with Gasteiger partial charge in [-0.25, -0.2) is 4.99 Å². The Labute approximate surface area is 93.7 Å². The number of carbonyl (C=O) groups is 1. The lowest BCUT2D eigenvalue weighted by Gasteiger charge is -2.04. The van der Waals surface area contributed by atoms with Crippen LogP contribution in [0.4, 0.5) is 0 Å². The van der Waals surface area contributed by atoms with Gasteiger partial charge in [0.15, 0.2) is 0 Å². The summed E-state index contributed by atoms with van der Waals surface area (Å²) in [6.07, 6.45) is 0.958. The van der Waals surface area contributed by atoms with Crippen LogP contribution < -0.4 is 0 Å². The number of hydrogen-bond donors (Lipinski definition) is 3. The van der Waals surface area contributed by atoms with Gasteiger partial charge in [0.2, 0.25) is 5.96 Å². The van der Waals surface area contributed by atoms with Crippen molar-refractivity contribution in [1.82, 2.24) is 0 Å². The van der Waals surface area contributed by atoms with Crippen molar-refractivity contribution in [2.24, 2.45) is 4.99 Å². The van der Waals surface area contributed by atoms with Gasteiger partial charge in [-0.15, -0.1) is 0 Å².